The van der Waals surface area contributed by atoms with Gasteiger partial charge in [0, 0.05) is 23.4 Å². The SMILES string of the molecule is CCNC(=NCc1scnc1C)NCC1(c2ccccc2)CC1.I. The zero-order valence-electron chi connectivity index (χ0n) is 14.2. The van der Waals surface area contributed by atoms with Crippen LogP contribution in [0.4, 0.5) is 0 Å². The van der Waals surface area contributed by atoms with Gasteiger partial charge in [-0.25, -0.2) is 9.98 Å². The Balaban J connectivity index is 0.00000208. The molecule has 0 saturated heterocycles. The molecule has 1 fully saturated rings. The Bertz CT molecular complexity index is 665. The van der Waals surface area contributed by atoms with Gasteiger partial charge in [-0.15, -0.1) is 35.3 Å². The highest BCUT2D eigenvalue weighted by Crippen LogP contribution is 2.47. The molecule has 0 unspecified atom stereocenters. The van der Waals surface area contributed by atoms with Crippen molar-refractivity contribution in [1.29, 1.82) is 0 Å². The van der Waals surface area contributed by atoms with Crippen LogP contribution in [0.3, 0.4) is 0 Å². The molecule has 1 aliphatic rings. The summed E-state index contributed by atoms with van der Waals surface area (Å²) in [6.07, 6.45) is 2.49. The van der Waals surface area contributed by atoms with Crippen molar-refractivity contribution >= 4 is 41.3 Å². The largest absolute Gasteiger partial charge is 0.357 e. The highest BCUT2D eigenvalue weighted by Gasteiger charge is 2.43. The number of hydrogen-bond acceptors (Lipinski definition) is 3. The van der Waals surface area contributed by atoms with Gasteiger partial charge in [0.15, 0.2) is 5.96 Å². The van der Waals surface area contributed by atoms with Crippen molar-refractivity contribution in [3.05, 3.63) is 52.0 Å². The van der Waals surface area contributed by atoms with Crippen molar-refractivity contribution < 1.29 is 0 Å². The number of aryl methyl sites for hydroxylation is 1. The van der Waals surface area contributed by atoms with E-state index in [1.807, 2.05) is 12.4 Å². The van der Waals surface area contributed by atoms with Gasteiger partial charge in [-0.05, 0) is 32.3 Å². The average molecular weight is 456 g/mol. The molecule has 0 atom stereocenters. The molecule has 24 heavy (non-hydrogen) atoms. The van der Waals surface area contributed by atoms with Gasteiger partial charge in [0.25, 0.3) is 0 Å². The van der Waals surface area contributed by atoms with Gasteiger partial charge >= 0.3 is 0 Å². The maximum Gasteiger partial charge on any atom is 0.191 e. The molecule has 1 aliphatic carbocycles. The van der Waals surface area contributed by atoms with Crippen LogP contribution < -0.4 is 10.6 Å². The first-order chi connectivity index (χ1) is 11.2. The summed E-state index contributed by atoms with van der Waals surface area (Å²) in [5.74, 6) is 0.891. The van der Waals surface area contributed by atoms with Crippen LogP contribution in [0, 0.1) is 6.92 Å². The molecular formula is C18H25IN4S. The third-order valence-corrected chi connectivity index (χ3v) is 5.32. The number of hydrogen-bond donors (Lipinski definition) is 2. The fourth-order valence-electron chi connectivity index (χ4n) is 2.73. The van der Waals surface area contributed by atoms with Crippen molar-refractivity contribution in [2.24, 2.45) is 4.99 Å². The van der Waals surface area contributed by atoms with Crippen molar-refractivity contribution in [3.63, 3.8) is 0 Å². The van der Waals surface area contributed by atoms with E-state index in [0.717, 1.165) is 24.7 Å². The third-order valence-electron chi connectivity index (χ3n) is 4.40. The van der Waals surface area contributed by atoms with Crippen LogP contribution in [0.15, 0.2) is 40.8 Å². The van der Waals surface area contributed by atoms with Crippen LogP contribution in [0.1, 0.15) is 35.9 Å². The highest BCUT2D eigenvalue weighted by molar-refractivity contribution is 14.0. The maximum atomic E-state index is 4.71. The molecule has 0 bridgehead atoms. The smallest absolute Gasteiger partial charge is 0.191 e. The van der Waals surface area contributed by atoms with Crippen molar-refractivity contribution in [1.82, 2.24) is 15.6 Å². The first-order valence-corrected chi connectivity index (χ1v) is 9.08. The average Bonchev–Trinajstić information content (AvgIpc) is 3.27. The Morgan fingerprint density at radius 2 is 2.00 bits per heavy atom. The lowest BCUT2D eigenvalue weighted by atomic mass is 9.96. The van der Waals surface area contributed by atoms with E-state index in [9.17, 15) is 0 Å². The fourth-order valence-corrected chi connectivity index (χ4v) is 3.43. The van der Waals surface area contributed by atoms with Gasteiger partial charge in [-0.3, -0.25) is 0 Å². The molecule has 0 radical (unpaired) electrons. The quantitative estimate of drug-likeness (QED) is 0.395. The van der Waals surface area contributed by atoms with Gasteiger partial charge in [-0.2, -0.15) is 0 Å². The fraction of sp³-hybridized carbons (Fsp3) is 0.444. The van der Waals surface area contributed by atoms with E-state index in [-0.39, 0.29) is 29.4 Å². The molecule has 2 aromatic rings. The second kappa shape index (κ2) is 8.80. The number of thiazole rings is 1. The lowest BCUT2D eigenvalue weighted by Gasteiger charge is -2.19. The lowest BCUT2D eigenvalue weighted by Crippen LogP contribution is -2.41. The minimum atomic E-state index is 0. The number of nitrogens with one attached hydrogen (secondary N) is 2. The summed E-state index contributed by atoms with van der Waals surface area (Å²) in [7, 11) is 0. The Labute approximate surface area is 165 Å². The van der Waals surface area contributed by atoms with Crippen LogP contribution >= 0.6 is 35.3 Å². The van der Waals surface area contributed by atoms with Crippen molar-refractivity contribution in [2.45, 2.75) is 38.6 Å². The zero-order valence-corrected chi connectivity index (χ0v) is 17.4. The first kappa shape index (κ1) is 19.2. The topological polar surface area (TPSA) is 49.3 Å². The Kier molecular flexibility index (Phi) is 7.03. The standard InChI is InChI=1S/C18H24N4S.HI/c1-3-19-17(20-11-16-14(2)22-13-23-16)21-12-18(9-10-18)15-7-5-4-6-8-15;/h4-8,13H,3,9-12H2,1-2H3,(H2,19,20,21);1H. The third kappa shape index (κ3) is 4.69. The summed E-state index contributed by atoms with van der Waals surface area (Å²) >= 11 is 1.67. The van der Waals surface area contributed by atoms with E-state index in [2.05, 4.69) is 52.9 Å². The Hall–Kier alpha value is -1.15. The number of halogens is 1. The van der Waals surface area contributed by atoms with Gasteiger partial charge in [0.2, 0.25) is 0 Å². The zero-order chi connectivity index (χ0) is 16.1. The van der Waals surface area contributed by atoms with Gasteiger partial charge < -0.3 is 10.6 Å². The molecule has 1 aromatic carbocycles. The minimum Gasteiger partial charge on any atom is -0.357 e. The van der Waals surface area contributed by atoms with Crippen LogP contribution in [0.2, 0.25) is 0 Å². The Morgan fingerprint density at radius 1 is 1.25 bits per heavy atom. The number of rotatable bonds is 6. The molecule has 2 N–H and O–H groups in total. The summed E-state index contributed by atoms with van der Waals surface area (Å²) in [6, 6.07) is 10.8. The predicted molar refractivity (Wildman–Crippen MR) is 112 cm³/mol. The van der Waals surface area contributed by atoms with Gasteiger partial charge in [-0.1, -0.05) is 30.3 Å². The summed E-state index contributed by atoms with van der Waals surface area (Å²) in [5.41, 5.74) is 4.69. The van der Waals surface area contributed by atoms with E-state index < -0.39 is 0 Å². The summed E-state index contributed by atoms with van der Waals surface area (Å²) < 4.78 is 0. The molecule has 6 heteroatoms. The van der Waals surface area contributed by atoms with Gasteiger partial charge in [0.1, 0.15) is 0 Å². The molecule has 0 aliphatic heterocycles. The summed E-state index contributed by atoms with van der Waals surface area (Å²) in [5, 5.41) is 6.87. The summed E-state index contributed by atoms with van der Waals surface area (Å²) in [6.45, 7) is 6.62. The van der Waals surface area contributed by atoms with Crippen LogP contribution in [0.5, 0.6) is 0 Å². The van der Waals surface area contributed by atoms with E-state index in [4.69, 9.17) is 4.99 Å². The molecule has 0 spiro atoms. The number of aliphatic imine (C=N–C) groups is 1. The van der Waals surface area contributed by atoms with Crippen LogP contribution in [-0.4, -0.2) is 24.0 Å². The molecule has 1 saturated carbocycles. The molecule has 0 amide bonds. The number of guanidine groups is 1. The Morgan fingerprint density at radius 3 is 2.58 bits per heavy atom. The van der Waals surface area contributed by atoms with E-state index >= 15 is 0 Å². The van der Waals surface area contributed by atoms with Crippen LogP contribution in [0.25, 0.3) is 0 Å². The molecule has 1 aromatic heterocycles. The molecule has 130 valence electrons. The monoisotopic (exact) mass is 456 g/mol. The molecular weight excluding hydrogens is 431 g/mol. The predicted octanol–water partition coefficient (Wildman–Crippen LogP) is 3.86. The highest BCUT2D eigenvalue weighted by atomic mass is 127. The van der Waals surface area contributed by atoms with E-state index in [1.54, 1.807) is 11.3 Å². The van der Waals surface area contributed by atoms with Gasteiger partial charge in [0.05, 0.1) is 17.7 Å². The van der Waals surface area contributed by atoms with Crippen molar-refractivity contribution in [2.75, 3.05) is 13.1 Å². The van der Waals surface area contributed by atoms with E-state index in [1.165, 1.54) is 23.3 Å². The number of benzene rings is 1. The molecule has 4 nitrogen and oxygen atoms in total. The maximum absolute atomic E-state index is 4.71. The summed E-state index contributed by atoms with van der Waals surface area (Å²) in [4.78, 5) is 10.2. The molecule has 1 heterocycles. The van der Waals surface area contributed by atoms with E-state index in [0.29, 0.717) is 6.54 Å². The number of aromatic nitrogens is 1. The number of nitrogens with zero attached hydrogens (tertiary/aromatic N) is 2. The lowest BCUT2D eigenvalue weighted by molar-refractivity contribution is 0.646. The second-order valence-electron chi connectivity index (χ2n) is 6.06. The van der Waals surface area contributed by atoms with Crippen LogP contribution in [-0.2, 0) is 12.0 Å². The minimum absolute atomic E-state index is 0. The second-order valence-corrected chi connectivity index (χ2v) is 7.00. The first-order valence-electron chi connectivity index (χ1n) is 8.20. The molecule has 3 rings (SSSR count). The van der Waals surface area contributed by atoms with Crippen molar-refractivity contribution in [3.8, 4) is 0 Å². The normalized spacial score (nSPS) is 15.5.